The van der Waals surface area contributed by atoms with Gasteiger partial charge in [-0.3, -0.25) is 9.59 Å². The minimum atomic E-state index is -1.17. The van der Waals surface area contributed by atoms with Crippen molar-refractivity contribution in [2.24, 2.45) is 0 Å². The Bertz CT molecular complexity index is 647. The molecule has 0 unspecified atom stereocenters. The molecule has 2 aromatic heterocycles. The lowest BCUT2D eigenvalue weighted by Crippen LogP contribution is -2.36. The van der Waals surface area contributed by atoms with Crippen molar-refractivity contribution in [3.05, 3.63) is 46.0 Å². The van der Waals surface area contributed by atoms with Crippen LogP contribution in [0.1, 0.15) is 26.0 Å². The van der Waals surface area contributed by atoms with Gasteiger partial charge in [0.2, 0.25) is 11.7 Å². The van der Waals surface area contributed by atoms with Gasteiger partial charge < -0.3 is 20.2 Å². The summed E-state index contributed by atoms with van der Waals surface area (Å²) in [4.78, 5) is 34.3. The molecule has 0 aliphatic rings. The highest BCUT2D eigenvalue weighted by atomic mass is 32.1. The molecule has 0 spiro atoms. The largest absolute Gasteiger partial charge is 0.475 e. The maximum absolute atomic E-state index is 11.6. The van der Waals surface area contributed by atoms with Gasteiger partial charge >= 0.3 is 5.97 Å². The third-order valence-electron chi connectivity index (χ3n) is 2.49. The second-order valence-corrected chi connectivity index (χ2v) is 4.96. The van der Waals surface area contributed by atoms with Gasteiger partial charge in [-0.25, -0.2) is 4.79 Å². The van der Waals surface area contributed by atoms with Crippen LogP contribution in [0.15, 0.2) is 34.1 Å². The Labute approximate surface area is 123 Å². The molecule has 7 nitrogen and oxygen atoms in total. The highest BCUT2D eigenvalue weighted by Gasteiger charge is 2.11. The molecule has 2 rings (SSSR count). The third-order valence-corrected chi connectivity index (χ3v) is 3.36. The molecule has 3 N–H and O–H groups in total. The summed E-state index contributed by atoms with van der Waals surface area (Å²) in [6.07, 6.45) is 0. The van der Waals surface area contributed by atoms with Crippen LogP contribution in [0, 0.1) is 0 Å². The Morgan fingerprint density at radius 2 is 2.00 bits per heavy atom. The molecule has 0 aliphatic carbocycles. The number of carboxylic acid groups (broad SMARTS) is 1. The Hall–Kier alpha value is -2.61. The minimum Gasteiger partial charge on any atom is -0.475 e. The number of nitrogens with one attached hydrogen (secondary N) is 2. The van der Waals surface area contributed by atoms with Gasteiger partial charge in [0.15, 0.2) is 0 Å². The molecule has 8 heteroatoms. The summed E-state index contributed by atoms with van der Waals surface area (Å²) in [7, 11) is 0. The molecule has 110 valence electrons. The van der Waals surface area contributed by atoms with Crippen molar-refractivity contribution >= 4 is 29.1 Å². The van der Waals surface area contributed by atoms with E-state index >= 15 is 0 Å². The van der Waals surface area contributed by atoms with Crippen molar-refractivity contribution in [2.75, 3.05) is 6.54 Å². The quantitative estimate of drug-likeness (QED) is 0.740. The molecule has 2 heterocycles. The van der Waals surface area contributed by atoms with Gasteiger partial charge in [0.1, 0.15) is 5.76 Å². The summed E-state index contributed by atoms with van der Waals surface area (Å²) >= 11 is 1.28. The van der Waals surface area contributed by atoms with Gasteiger partial charge in [0.05, 0.1) is 18.0 Å². The van der Waals surface area contributed by atoms with Crippen LogP contribution in [0.5, 0.6) is 0 Å². The summed E-state index contributed by atoms with van der Waals surface area (Å²) in [5, 5.41) is 15.4. The molecule has 0 bridgehead atoms. The van der Waals surface area contributed by atoms with Gasteiger partial charge in [-0.2, -0.15) is 0 Å². The first-order valence-electron chi connectivity index (χ1n) is 5.96. The van der Waals surface area contributed by atoms with Crippen LogP contribution in [0.4, 0.5) is 0 Å². The Morgan fingerprint density at radius 1 is 1.19 bits per heavy atom. The highest BCUT2D eigenvalue weighted by Crippen LogP contribution is 2.08. The number of thiophene rings is 1. The lowest BCUT2D eigenvalue weighted by Gasteiger charge is -2.04. The average molecular weight is 308 g/mol. The monoisotopic (exact) mass is 308 g/mol. The number of aromatic carboxylic acids is 1. The first-order valence-corrected chi connectivity index (χ1v) is 6.84. The SMILES string of the molecule is O=C(CNC(=O)c1cccs1)NCc1ccc(C(=O)O)o1. The molecule has 0 aromatic carbocycles. The van der Waals surface area contributed by atoms with Crippen molar-refractivity contribution in [3.8, 4) is 0 Å². The maximum Gasteiger partial charge on any atom is 0.371 e. The fourth-order valence-corrected chi connectivity index (χ4v) is 2.13. The molecular formula is C13H12N2O5S. The lowest BCUT2D eigenvalue weighted by atomic mass is 10.4. The van der Waals surface area contributed by atoms with Gasteiger partial charge in [-0.15, -0.1) is 11.3 Å². The average Bonchev–Trinajstić information content (AvgIpc) is 3.13. The van der Waals surface area contributed by atoms with Crippen molar-refractivity contribution in [3.63, 3.8) is 0 Å². The van der Waals surface area contributed by atoms with E-state index in [1.807, 2.05) is 0 Å². The van der Waals surface area contributed by atoms with E-state index in [1.165, 1.54) is 23.5 Å². The Morgan fingerprint density at radius 3 is 2.62 bits per heavy atom. The van der Waals surface area contributed by atoms with Gasteiger partial charge in [0.25, 0.3) is 5.91 Å². The first-order chi connectivity index (χ1) is 10.1. The second kappa shape index (κ2) is 6.71. The number of rotatable bonds is 6. The van der Waals surface area contributed by atoms with Crippen LogP contribution in [-0.2, 0) is 11.3 Å². The number of carboxylic acids is 1. The van der Waals surface area contributed by atoms with Gasteiger partial charge in [-0.1, -0.05) is 6.07 Å². The zero-order valence-corrected chi connectivity index (χ0v) is 11.6. The van der Waals surface area contributed by atoms with E-state index in [-0.39, 0.29) is 24.8 Å². The number of carbonyl (C=O) groups excluding carboxylic acids is 2. The second-order valence-electron chi connectivity index (χ2n) is 4.01. The van der Waals surface area contributed by atoms with E-state index in [1.54, 1.807) is 17.5 Å². The van der Waals surface area contributed by atoms with Crippen LogP contribution in [0.2, 0.25) is 0 Å². The van der Waals surface area contributed by atoms with Crippen LogP contribution in [0.3, 0.4) is 0 Å². The summed E-state index contributed by atoms with van der Waals surface area (Å²) in [6, 6.07) is 6.18. The molecule has 0 atom stereocenters. The molecular weight excluding hydrogens is 296 g/mol. The Balaban J connectivity index is 1.74. The smallest absolute Gasteiger partial charge is 0.371 e. The molecule has 2 aromatic rings. The predicted molar refractivity (Wildman–Crippen MR) is 74.2 cm³/mol. The zero-order valence-electron chi connectivity index (χ0n) is 10.8. The van der Waals surface area contributed by atoms with E-state index < -0.39 is 11.9 Å². The molecule has 2 amide bonds. The Kier molecular flexibility index (Phi) is 4.72. The van der Waals surface area contributed by atoms with Crippen molar-refractivity contribution < 1.29 is 23.9 Å². The molecule has 0 aliphatic heterocycles. The summed E-state index contributed by atoms with van der Waals surface area (Å²) < 4.78 is 4.98. The molecule has 0 saturated carbocycles. The normalized spacial score (nSPS) is 10.1. The molecule has 0 saturated heterocycles. The lowest BCUT2D eigenvalue weighted by molar-refractivity contribution is -0.120. The van der Waals surface area contributed by atoms with E-state index in [4.69, 9.17) is 9.52 Å². The summed E-state index contributed by atoms with van der Waals surface area (Å²) in [5.74, 6) is -1.74. The van der Waals surface area contributed by atoms with Crippen LogP contribution in [-0.4, -0.2) is 29.4 Å². The van der Waals surface area contributed by atoms with Gasteiger partial charge in [-0.05, 0) is 23.6 Å². The van der Waals surface area contributed by atoms with E-state index in [9.17, 15) is 14.4 Å². The van der Waals surface area contributed by atoms with Crippen molar-refractivity contribution in [1.82, 2.24) is 10.6 Å². The predicted octanol–water partition coefficient (Wildman–Crippen LogP) is 1.09. The number of hydrogen-bond donors (Lipinski definition) is 3. The maximum atomic E-state index is 11.6. The van der Waals surface area contributed by atoms with Crippen LogP contribution >= 0.6 is 11.3 Å². The fraction of sp³-hybridized carbons (Fsp3) is 0.154. The van der Waals surface area contributed by atoms with Crippen LogP contribution in [0.25, 0.3) is 0 Å². The number of amides is 2. The summed E-state index contributed by atoms with van der Waals surface area (Å²) in [5.41, 5.74) is 0. The van der Waals surface area contributed by atoms with Gasteiger partial charge in [0, 0.05) is 0 Å². The standard InChI is InChI=1S/C13H12N2O5S/c16-11(7-15-12(17)10-2-1-5-21-10)14-6-8-3-4-9(20-8)13(18)19/h1-5H,6-7H2,(H,14,16)(H,15,17)(H,18,19). The molecule has 0 fully saturated rings. The van der Waals surface area contributed by atoms with E-state index in [2.05, 4.69) is 10.6 Å². The summed E-state index contributed by atoms with van der Waals surface area (Å²) in [6.45, 7) is -0.107. The number of carbonyl (C=O) groups is 3. The van der Waals surface area contributed by atoms with Crippen LogP contribution < -0.4 is 10.6 Å². The number of furan rings is 1. The number of hydrogen-bond acceptors (Lipinski definition) is 5. The minimum absolute atomic E-state index is 0.0565. The van der Waals surface area contributed by atoms with E-state index in [0.29, 0.717) is 10.6 Å². The molecule has 21 heavy (non-hydrogen) atoms. The van der Waals surface area contributed by atoms with Crippen molar-refractivity contribution in [2.45, 2.75) is 6.54 Å². The molecule has 0 radical (unpaired) electrons. The zero-order chi connectivity index (χ0) is 15.2. The first kappa shape index (κ1) is 14.8. The highest BCUT2D eigenvalue weighted by molar-refractivity contribution is 7.12. The van der Waals surface area contributed by atoms with E-state index in [0.717, 1.165) is 0 Å². The third kappa shape index (κ3) is 4.18. The van der Waals surface area contributed by atoms with Crippen molar-refractivity contribution in [1.29, 1.82) is 0 Å². The fourth-order valence-electron chi connectivity index (χ4n) is 1.49. The topological polar surface area (TPSA) is 109 Å².